The largest absolute Gasteiger partial charge is 0.478 e. The molecule has 0 aliphatic heterocycles. The zero-order valence-electron chi connectivity index (χ0n) is 8.90. The summed E-state index contributed by atoms with van der Waals surface area (Å²) in [6.45, 7) is 0.224. The van der Waals surface area contributed by atoms with Crippen LogP contribution in [0, 0.1) is 0 Å². The van der Waals surface area contributed by atoms with E-state index in [0.29, 0.717) is 12.2 Å². The van der Waals surface area contributed by atoms with E-state index in [2.05, 4.69) is 15.3 Å². The number of carbonyl (C=O) groups is 2. The van der Waals surface area contributed by atoms with Crippen LogP contribution in [0.4, 0.5) is 0 Å². The van der Waals surface area contributed by atoms with Gasteiger partial charge in [0, 0.05) is 12.2 Å². The Morgan fingerprint density at radius 3 is 1.53 bits per heavy atom. The average Bonchev–Trinajstić information content (AvgIpc) is 2.27. The Hall–Kier alpha value is -1.52. The molecule has 0 heterocycles. The van der Waals surface area contributed by atoms with E-state index >= 15 is 0 Å². The topological polar surface area (TPSA) is 146 Å². The molecule has 5 N–H and O–H groups in total. The minimum absolute atomic E-state index is 0.0600. The van der Waals surface area contributed by atoms with Gasteiger partial charge in [-0.2, -0.15) is 0 Å². The molecule has 100 valence electrons. The number of hydrogen-bond donors (Lipinski definition) is 5. The van der Waals surface area contributed by atoms with Gasteiger partial charge in [-0.25, -0.2) is 9.59 Å². The lowest BCUT2D eigenvalue weighted by Gasteiger charge is -2.01. The zero-order chi connectivity index (χ0) is 13.5. The molecule has 0 unspecified atom stereocenters. The minimum Gasteiger partial charge on any atom is -0.478 e. The summed E-state index contributed by atoms with van der Waals surface area (Å²) in [4.78, 5) is 28.0. The SMILES string of the molecule is O=C(O)/C=C/C(=O)O.OCCONOCCO. The fourth-order valence-electron chi connectivity index (χ4n) is 0.359. The molecule has 0 fully saturated rings. The highest BCUT2D eigenvalue weighted by Crippen LogP contribution is 1.70. The van der Waals surface area contributed by atoms with Crippen LogP contribution in [0.3, 0.4) is 0 Å². The third-order valence-corrected chi connectivity index (χ3v) is 0.873. The van der Waals surface area contributed by atoms with E-state index in [0.717, 1.165) is 0 Å². The smallest absolute Gasteiger partial charge is 0.328 e. The van der Waals surface area contributed by atoms with Gasteiger partial charge in [0.15, 0.2) is 0 Å². The van der Waals surface area contributed by atoms with Crippen LogP contribution in [0.2, 0.25) is 0 Å². The quantitative estimate of drug-likeness (QED) is 0.191. The van der Waals surface area contributed by atoms with E-state index in [1.165, 1.54) is 0 Å². The van der Waals surface area contributed by atoms with Gasteiger partial charge in [-0.15, -0.1) is 0 Å². The van der Waals surface area contributed by atoms with Gasteiger partial charge in [0.25, 0.3) is 0 Å². The molecule has 0 aromatic carbocycles. The Kier molecular flexibility index (Phi) is 15.2. The normalized spacial score (nSPS) is 9.76. The molecule has 0 saturated carbocycles. The van der Waals surface area contributed by atoms with Crippen LogP contribution in [0.5, 0.6) is 0 Å². The number of nitrogens with one attached hydrogen (secondary N) is 1. The fourth-order valence-corrected chi connectivity index (χ4v) is 0.359. The molecule has 0 rings (SSSR count). The van der Waals surface area contributed by atoms with Crippen LogP contribution in [-0.4, -0.2) is 58.8 Å². The van der Waals surface area contributed by atoms with Crippen molar-refractivity contribution in [1.82, 2.24) is 5.64 Å². The summed E-state index contributed by atoms with van der Waals surface area (Å²) in [5, 5.41) is 31.9. The van der Waals surface area contributed by atoms with Crippen LogP contribution >= 0.6 is 0 Å². The summed E-state index contributed by atoms with van der Waals surface area (Å²) in [6.07, 6.45) is 1.12. The second-order valence-corrected chi connectivity index (χ2v) is 2.24. The highest BCUT2D eigenvalue weighted by Gasteiger charge is 1.88. The molecule has 0 aromatic heterocycles. The van der Waals surface area contributed by atoms with Crippen molar-refractivity contribution in [3.63, 3.8) is 0 Å². The van der Waals surface area contributed by atoms with Gasteiger partial charge in [-0.1, -0.05) is 5.64 Å². The molecule has 0 aliphatic carbocycles. The Bertz CT molecular complexity index is 208. The van der Waals surface area contributed by atoms with Crippen molar-refractivity contribution < 1.29 is 39.7 Å². The third-order valence-electron chi connectivity index (χ3n) is 0.873. The number of aliphatic hydroxyl groups excluding tert-OH is 2. The standard InChI is InChI=1S/C4H11NO4.C4H4O4/c6-1-3-8-5-9-4-2-7;5-3(6)1-2-4(7)8/h5-7H,1-4H2;1-2H,(H,5,6)(H,7,8)/b;2-1+. The van der Waals surface area contributed by atoms with E-state index in [1.807, 2.05) is 0 Å². The number of hydrogen-bond acceptors (Lipinski definition) is 7. The Labute approximate surface area is 96.8 Å². The van der Waals surface area contributed by atoms with Crippen molar-refractivity contribution in [3.05, 3.63) is 12.2 Å². The van der Waals surface area contributed by atoms with E-state index in [4.69, 9.17) is 20.4 Å². The lowest BCUT2D eigenvalue weighted by atomic mass is 10.5. The van der Waals surface area contributed by atoms with Crippen molar-refractivity contribution in [1.29, 1.82) is 0 Å². The Morgan fingerprint density at radius 2 is 1.29 bits per heavy atom. The second-order valence-electron chi connectivity index (χ2n) is 2.24. The van der Waals surface area contributed by atoms with Crippen LogP contribution in [-0.2, 0) is 19.3 Å². The van der Waals surface area contributed by atoms with Crippen molar-refractivity contribution >= 4 is 11.9 Å². The molecule has 17 heavy (non-hydrogen) atoms. The van der Waals surface area contributed by atoms with Crippen molar-refractivity contribution in [3.8, 4) is 0 Å². The first kappa shape index (κ1) is 17.9. The van der Waals surface area contributed by atoms with Crippen LogP contribution in [0.25, 0.3) is 0 Å². The molecule has 9 heteroatoms. The molecule has 0 radical (unpaired) electrons. The first-order chi connectivity index (χ1) is 8.04. The average molecular weight is 253 g/mol. The highest BCUT2D eigenvalue weighted by atomic mass is 16.9. The molecule has 0 saturated heterocycles. The Balaban J connectivity index is 0. The van der Waals surface area contributed by atoms with E-state index in [9.17, 15) is 9.59 Å². The minimum atomic E-state index is -1.26. The molecule has 0 spiro atoms. The van der Waals surface area contributed by atoms with Gasteiger partial charge < -0.3 is 20.4 Å². The van der Waals surface area contributed by atoms with Gasteiger partial charge in [0.1, 0.15) is 0 Å². The van der Waals surface area contributed by atoms with Crippen molar-refractivity contribution in [2.75, 3.05) is 26.4 Å². The second kappa shape index (κ2) is 14.5. The monoisotopic (exact) mass is 253 g/mol. The summed E-state index contributed by atoms with van der Waals surface area (Å²) in [5.41, 5.74) is 2.07. The Morgan fingerprint density at radius 1 is 0.941 bits per heavy atom. The first-order valence-corrected chi connectivity index (χ1v) is 4.38. The highest BCUT2D eigenvalue weighted by molar-refractivity contribution is 5.89. The lowest BCUT2D eigenvalue weighted by molar-refractivity contribution is -0.178. The van der Waals surface area contributed by atoms with Gasteiger partial charge in [0.05, 0.1) is 26.4 Å². The molecule has 0 bridgehead atoms. The summed E-state index contributed by atoms with van der Waals surface area (Å²) in [7, 11) is 0. The number of aliphatic carboxylic acids is 2. The van der Waals surface area contributed by atoms with Gasteiger partial charge in [-0.3, -0.25) is 9.68 Å². The summed E-state index contributed by atoms with van der Waals surface area (Å²) in [6, 6.07) is 0. The lowest BCUT2D eigenvalue weighted by Crippen LogP contribution is -2.19. The van der Waals surface area contributed by atoms with Crippen molar-refractivity contribution in [2.24, 2.45) is 0 Å². The van der Waals surface area contributed by atoms with Crippen LogP contribution < -0.4 is 5.64 Å². The van der Waals surface area contributed by atoms with Crippen molar-refractivity contribution in [2.45, 2.75) is 0 Å². The predicted molar refractivity (Wildman–Crippen MR) is 53.6 cm³/mol. The van der Waals surface area contributed by atoms with Gasteiger partial charge in [0.2, 0.25) is 0 Å². The third kappa shape index (κ3) is 25.1. The molecule has 0 atom stereocenters. The summed E-state index contributed by atoms with van der Waals surface area (Å²) < 4.78 is 0. The maximum atomic E-state index is 9.55. The maximum Gasteiger partial charge on any atom is 0.328 e. The molecule has 9 nitrogen and oxygen atoms in total. The number of carboxylic acid groups (broad SMARTS) is 2. The molecular weight excluding hydrogens is 238 g/mol. The molecule has 0 aromatic rings. The van der Waals surface area contributed by atoms with E-state index in [-0.39, 0.29) is 26.4 Å². The maximum absolute atomic E-state index is 9.55. The fraction of sp³-hybridized carbons (Fsp3) is 0.500. The van der Waals surface area contributed by atoms with E-state index < -0.39 is 11.9 Å². The predicted octanol–water partition coefficient (Wildman–Crippen LogP) is -1.86. The van der Waals surface area contributed by atoms with Crippen LogP contribution in [0.1, 0.15) is 0 Å². The molecular formula is C8H15NO8. The molecule has 0 aliphatic rings. The number of carboxylic acids is 2. The summed E-state index contributed by atoms with van der Waals surface area (Å²) >= 11 is 0. The number of rotatable bonds is 8. The zero-order valence-corrected chi connectivity index (χ0v) is 8.90. The first-order valence-electron chi connectivity index (χ1n) is 4.38. The van der Waals surface area contributed by atoms with Crippen LogP contribution in [0.15, 0.2) is 12.2 Å². The van der Waals surface area contributed by atoms with E-state index in [1.54, 1.807) is 0 Å². The number of aliphatic hydroxyl groups is 2. The summed E-state index contributed by atoms with van der Waals surface area (Å²) in [5.74, 6) is -2.51. The van der Waals surface area contributed by atoms with Gasteiger partial charge in [-0.05, 0) is 0 Å². The molecule has 0 amide bonds. The van der Waals surface area contributed by atoms with Gasteiger partial charge >= 0.3 is 11.9 Å².